The zero-order valence-corrected chi connectivity index (χ0v) is 19.5. The third-order valence-electron chi connectivity index (χ3n) is 5.47. The van der Waals surface area contributed by atoms with E-state index >= 15 is 4.39 Å². The van der Waals surface area contributed by atoms with Crippen LogP contribution in [-0.2, 0) is 14.8 Å². The number of anilines is 1. The second-order valence-electron chi connectivity index (χ2n) is 7.93. The van der Waals surface area contributed by atoms with E-state index in [0.29, 0.717) is 5.56 Å². The van der Waals surface area contributed by atoms with Gasteiger partial charge in [0.1, 0.15) is 11.9 Å². The normalized spacial score (nSPS) is 15.5. The molecule has 1 atom stereocenters. The molecule has 0 saturated carbocycles. The van der Waals surface area contributed by atoms with Crippen LogP contribution in [0.15, 0.2) is 59.5 Å². The summed E-state index contributed by atoms with van der Waals surface area (Å²) in [5, 5.41) is 8.87. The summed E-state index contributed by atoms with van der Waals surface area (Å²) in [6.45, 7) is 1.50. The Kier molecular flexibility index (Phi) is 6.51. The molecule has 0 saturated heterocycles. The fourth-order valence-electron chi connectivity index (χ4n) is 3.82. The van der Waals surface area contributed by atoms with Crippen molar-refractivity contribution in [2.24, 2.45) is 0 Å². The minimum absolute atomic E-state index is 0.00453. The molecule has 1 N–H and O–H groups in total. The zero-order chi connectivity index (χ0) is 24.6. The molecule has 0 radical (unpaired) electrons. The molecule has 34 heavy (non-hydrogen) atoms. The Bertz CT molecular complexity index is 1380. The molecule has 3 aromatic carbocycles. The highest BCUT2D eigenvalue weighted by atomic mass is 35.5. The molecular weight excluding hydrogens is 488 g/mol. The van der Waals surface area contributed by atoms with E-state index in [-0.39, 0.29) is 51.9 Å². The minimum Gasteiger partial charge on any atom is -0.483 e. The number of aliphatic carboxylic acids is 1. The Labute approximate surface area is 200 Å². The Morgan fingerprint density at radius 2 is 1.91 bits per heavy atom. The summed E-state index contributed by atoms with van der Waals surface area (Å²) in [6.07, 6.45) is -1.21. The predicted molar refractivity (Wildman–Crippen MR) is 124 cm³/mol. The van der Waals surface area contributed by atoms with Gasteiger partial charge in [-0.3, -0.25) is 9.10 Å². The molecular formula is C24H20ClF2NO5S. The molecule has 178 valence electrons. The smallest absolute Gasteiger partial charge is 0.303 e. The van der Waals surface area contributed by atoms with E-state index in [1.807, 2.05) is 0 Å². The molecule has 10 heteroatoms. The molecule has 3 aromatic rings. The van der Waals surface area contributed by atoms with Gasteiger partial charge >= 0.3 is 5.97 Å². The number of carboxylic acids is 1. The number of nitrogens with zero attached hydrogens (tertiary/aromatic N) is 1. The molecule has 6 nitrogen and oxygen atoms in total. The van der Waals surface area contributed by atoms with E-state index in [1.54, 1.807) is 19.1 Å². The summed E-state index contributed by atoms with van der Waals surface area (Å²) in [4.78, 5) is 11.0. The number of benzene rings is 3. The number of hydrogen-bond donors (Lipinski definition) is 1. The summed E-state index contributed by atoms with van der Waals surface area (Å²) in [5.74, 6) is -3.11. The Morgan fingerprint density at radius 1 is 1.18 bits per heavy atom. The molecule has 0 aliphatic carbocycles. The fourth-order valence-corrected chi connectivity index (χ4v) is 5.59. The average molecular weight is 508 g/mol. The molecule has 0 fully saturated rings. The second kappa shape index (κ2) is 9.23. The van der Waals surface area contributed by atoms with Crippen LogP contribution in [0.5, 0.6) is 5.75 Å². The van der Waals surface area contributed by atoms with Gasteiger partial charge < -0.3 is 9.84 Å². The third-order valence-corrected chi connectivity index (χ3v) is 7.53. The molecule has 1 aliphatic rings. The van der Waals surface area contributed by atoms with Gasteiger partial charge in [0.05, 0.1) is 22.2 Å². The average Bonchev–Trinajstić information content (AvgIpc) is 2.79. The number of halogens is 3. The summed E-state index contributed by atoms with van der Waals surface area (Å²) >= 11 is 5.87. The molecule has 0 spiro atoms. The topological polar surface area (TPSA) is 83.9 Å². The molecule has 4 rings (SSSR count). The maximum absolute atomic E-state index is 15.2. The molecule has 1 aliphatic heterocycles. The predicted octanol–water partition coefficient (Wildman–Crippen LogP) is 5.41. The first-order valence-electron chi connectivity index (χ1n) is 10.3. The standard InChI is InChI=1S/C24H20ClF2NO5S/c1-14-4-2-5-17(10-14)34(31,32)28-13-16(8-9-22(29)30)33-24-20(26)11-15(12-21(24)28)18-6-3-7-19(25)23(18)27/h2-7,10-12,16H,8-9,13H2,1H3,(H,29,30)/t16-/m0/s1. The first kappa shape index (κ1) is 24.0. The summed E-state index contributed by atoms with van der Waals surface area (Å²) in [5.41, 5.74) is 0.670. The SMILES string of the molecule is Cc1cccc(S(=O)(=O)N2C[C@H](CCC(=O)O)Oc3c(F)cc(-c4cccc(Cl)c4F)cc32)c1. The van der Waals surface area contributed by atoms with E-state index in [4.69, 9.17) is 21.4 Å². The van der Waals surface area contributed by atoms with Crippen LogP contribution in [0.2, 0.25) is 5.02 Å². The quantitative estimate of drug-likeness (QED) is 0.482. The summed E-state index contributed by atoms with van der Waals surface area (Å²) < 4.78 is 63.8. The van der Waals surface area contributed by atoms with Crippen molar-refractivity contribution in [1.82, 2.24) is 0 Å². The largest absolute Gasteiger partial charge is 0.483 e. The monoisotopic (exact) mass is 507 g/mol. The van der Waals surface area contributed by atoms with E-state index in [2.05, 4.69) is 0 Å². The highest BCUT2D eigenvalue weighted by Crippen LogP contribution is 2.43. The van der Waals surface area contributed by atoms with E-state index in [9.17, 15) is 17.6 Å². The van der Waals surface area contributed by atoms with Gasteiger partial charge in [-0.1, -0.05) is 35.9 Å². The van der Waals surface area contributed by atoms with Crippen LogP contribution in [-0.4, -0.2) is 32.1 Å². The lowest BCUT2D eigenvalue weighted by molar-refractivity contribution is -0.137. The van der Waals surface area contributed by atoms with Crippen molar-refractivity contribution in [1.29, 1.82) is 0 Å². The van der Waals surface area contributed by atoms with Crippen LogP contribution in [0.1, 0.15) is 18.4 Å². The third kappa shape index (κ3) is 4.58. The van der Waals surface area contributed by atoms with Gasteiger partial charge in [-0.05, 0) is 54.8 Å². The van der Waals surface area contributed by atoms with Gasteiger partial charge in [-0.15, -0.1) is 0 Å². The number of fused-ring (bicyclic) bond motifs is 1. The van der Waals surface area contributed by atoms with Crippen molar-refractivity contribution >= 4 is 33.3 Å². The van der Waals surface area contributed by atoms with Gasteiger partial charge in [-0.2, -0.15) is 0 Å². The lowest BCUT2D eigenvalue weighted by Gasteiger charge is -2.36. The zero-order valence-electron chi connectivity index (χ0n) is 18.0. The molecule has 0 amide bonds. The van der Waals surface area contributed by atoms with Gasteiger partial charge in [0.2, 0.25) is 0 Å². The van der Waals surface area contributed by atoms with Crippen LogP contribution < -0.4 is 9.04 Å². The summed E-state index contributed by atoms with van der Waals surface area (Å²) in [6, 6.07) is 12.8. The highest BCUT2D eigenvalue weighted by molar-refractivity contribution is 7.92. The highest BCUT2D eigenvalue weighted by Gasteiger charge is 2.37. The lowest BCUT2D eigenvalue weighted by atomic mass is 10.0. The van der Waals surface area contributed by atoms with Gasteiger partial charge in [-0.25, -0.2) is 17.2 Å². The number of sulfonamides is 1. The first-order valence-corrected chi connectivity index (χ1v) is 12.2. The van der Waals surface area contributed by atoms with Crippen LogP contribution in [0.4, 0.5) is 14.5 Å². The molecule has 0 bridgehead atoms. The van der Waals surface area contributed by atoms with Gasteiger partial charge in [0, 0.05) is 12.0 Å². The van der Waals surface area contributed by atoms with E-state index in [0.717, 1.165) is 10.4 Å². The van der Waals surface area contributed by atoms with Crippen LogP contribution in [0.25, 0.3) is 11.1 Å². The van der Waals surface area contributed by atoms with Crippen LogP contribution in [0.3, 0.4) is 0 Å². The molecule has 1 heterocycles. The number of ether oxygens (including phenoxy) is 1. The maximum atomic E-state index is 15.2. The van der Waals surface area contributed by atoms with E-state index < -0.39 is 33.7 Å². The summed E-state index contributed by atoms with van der Waals surface area (Å²) in [7, 11) is -4.18. The van der Waals surface area contributed by atoms with Crippen molar-refractivity contribution in [2.75, 3.05) is 10.8 Å². The fraction of sp³-hybridized carbons (Fsp3) is 0.208. The van der Waals surface area contributed by atoms with Gasteiger partial charge in [0.15, 0.2) is 11.6 Å². The maximum Gasteiger partial charge on any atom is 0.303 e. The lowest BCUT2D eigenvalue weighted by Crippen LogP contribution is -2.44. The van der Waals surface area contributed by atoms with Crippen molar-refractivity contribution < 1.29 is 31.8 Å². The minimum atomic E-state index is -4.18. The number of rotatable bonds is 6. The Hall–Kier alpha value is -3.17. The van der Waals surface area contributed by atoms with Gasteiger partial charge in [0.25, 0.3) is 10.0 Å². The number of aryl methyl sites for hydroxylation is 1. The first-order chi connectivity index (χ1) is 16.1. The van der Waals surface area contributed by atoms with Crippen molar-refractivity contribution in [3.8, 4) is 16.9 Å². The number of carboxylic acid groups (broad SMARTS) is 1. The molecule has 0 aromatic heterocycles. The Morgan fingerprint density at radius 3 is 2.62 bits per heavy atom. The Balaban J connectivity index is 1.88. The number of hydrogen-bond acceptors (Lipinski definition) is 4. The van der Waals surface area contributed by atoms with Crippen molar-refractivity contribution in [2.45, 2.75) is 30.8 Å². The number of carbonyl (C=O) groups is 1. The van der Waals surface area contributed by atoms with Crippen LogP contribution >= 0.6 is 11.6 Å². The van der Waals surface area contributed by atoms with Crippen LogP contribution in [0, 0.1) is 18.6 Å². The second-order valence-corrected chi connectivity index (χ2v) is 10.2. The van der Waals surface area contributed by atoms with E-state index in [1.165, 1.54) is 36.4 Å². The van der Waals surface area contributed by atoms with Crippen molar-refractivity contribution in [3.05, 3.63) is 76.8 Å². The van der Waals surface area contributed by atoms with Crippen molar-refractivity contribution in [3.63, 3.8) is 0 Å². The molecule has 0 unspecified atom stereocenters.